The summed E-state index contributed by atoms with van der Waals surface area (Å²) in [5, 5.41) is 3.18. The summed E-state index contributed by atoms with van der Waals surface area (Å²) < 4.78 is 5.76. The van der Waals surface area contributed by atoms with Crippen LogP contribution in [0.4, 0.5) is 0 Å². The first-order valence-corrected chi connectivity index (χ1v) is 9.46. The molecule has 3 rings (SSSR count). The van der Waals surface area contributed by atoms with Gasteiger partial charge in [0.15, 0.2) is 0 Å². The molecule has 0 unspecified atom stereocenters. The van der Waals surface area contributed by atoms with E-state index in [-0.39, 0.29) is 12.1 Å². The van der Waals surface area contributed by atoms with Crippen molar-refractivity contribution >= 4 is 5.97 Å². The molecule has 0 saturated carbocycles. The zero-order chi connectivity index (χ0) is 18.2. The van der Waals surface area contributed by atoms with E-state index in [0.717, 1.165) is 55.7 Å². The number of benzene rings is 2. The van der Waals surface area contributed by atoms with Crippen molar-refractivity contribution in [1.82, 2.24) is 10.2 Å². The van der Waals surface area contributed by atoms with Gasteiger partial charge in [-0.25, -0.2) is 0 Å². The molecule has 1 aliphatic rings. The van der Waals surface area contributed by atoms with Crippen LogP contribution < -0.4 is 5.32 Å². The molecule has 0 aromatic heterocycles. The van der Waals surface area contributed by atoms with Gasteiger partial charge in [-0.05, 0) is 36.6 Å². The summed E-state index contributed by atoms with van der Waals surface area (Å²) in [4.78, 5) is 14.9. The Bertz CT molecular complexity index is 694. The van der Waals surface area contributed by atoms with E-state index < -0.39 is 0 Å². The van der Waals surface area contributed by atoms with Crippen molar-refractivity contribution < 1.29 is 9.53 Å². The Hall–Kier alpha value is -2.17. The van der Waals surface area contributed by atoms with Gasteiger partial charge in [-0.1, -0.05) is 54.6 Å². The zero-order valence-corrected chi connectivity index (χ0v) is 15.5. The molecule has 0 atom stereocenters. The van der Waals surface area contributed by atoms with E-state index in [1.807, 2.05) is 43.4 Å². The molecule has 0 bridgehead atoms. The van der Waals surface area contributed by atoms with Crippen molar-refractivity contribution in [3.8, 4) is 11.1 Å². The number of likely N-dealkylation sites (N-methyl/N-ethyl adjacent to an activating group) is 1. The lowest BCUT2D eigenvalue weighted by Crippen LogP contribution is -2.40. The summed E-state index contributed by atoms with van der Waals surface area (Å²) in [6.07, 6.45) is 2.23. The maximum absolute atomic E-state index is 12.5. The van der Waals surface area contributed by atoms with Crippen molar-refractivity contribution in [2.24, 2.45) is 0 Å². The molecule has 0 radical (unpaired) electrons. The number of carbonyl (C=O) groups excluding carboxylic acids is 1. The number of hydrogen-bond acceptors (Lipinski definition) is 4. The van der Waals surface area contributed by atoms with Gasteiger partial charge < -0.3 is 15.0 Å². The predicted molar refractivity (Wildman–Crippen MR) is 105 cm³/mol. The van der Waals surface area contributed by atoms with Crippen LogP contribution in [0.3, 0.4) is 0 Å². The summed E-state index contributed by atoms with van der Waals surface area (Å²) in [6, 6.07) is 18.3. The van der Waals surface area contributed by atoms with E-state index in [9.17, 15) is 4.79 Å². The third-order valence-electron chi connectivity index (χ3n) is 4.95. The molecule has 1 aliphatic heterocycles. The topological polar surface area (TPSA) is 41.6 Å². The summed E-state index contributed by atoms with van der Waals surface area (Å²) in [7, 11) is 1.97. The van der Waals surface area contributed by atoms with Gasteiger partial charge >= 0.3 is 5.97 Å². The zero-order valence-electron chi connectivity index (χ0n) is 15.5. The molecule has 26 heavy (non-hydrogen) atoms. The normalized spacial score (nSPS) is 15.7. The van der Waals surface area contributed by atoms with E-state index in [2.05, 4.69) is 28.4 Å². The summed E-state index contributed by atoms with van der Waals surface area (Å²) in [6.45, 7) is 4.06. The number of piperidine rings is 1. The maximum Gasteiger partial charge on any atom is 0.310 e. The first kappa shape index (κ1) is 18.6. The van der Waals surface area contributed by atoms with Crippen LogP contribution in [0.1, 0.15) is 18.4 Å². The molecule has 1 heterocycles. The third kappa shape index (κ3) is 5.16. The van der Waals surface area contributed by atoms with E-state index >= 15 is 0 Å². The molecule has 0 amide bonds. The monoisotopic (exact) mass is 352 g/mol. The van der Waals surface area contributed by atoms with Crippen molar-refractivity contribution in [1.29, 1.82) is 0 Å². The second-order valence-corrected chi connectivity index (χ2v) is 6.83. The molecular formula is C22H28N2O2. The highest BCUT2D eigenvalue weighted by atomic mass is 16.5. The lowest BCUT2D eigenvalue weighted by molar-refractivity contribution is -0.150. The highest BCUT2D eigenvalue weighted by Crippen LogP contribution is 2.24. The third-order valence-corrected chi connectivity index (χ3v) is 4.95. The van der Waals surface area contributed by atoms with Crippen LogP contribution >= 0.6 is 0 Å². The fraction of sp³-hybridized carbons (Fsp3) is 0.409. The molecule has 0 spiro atoms. The Balaban J connectivity index is 1.55. The number of hydrogen-bond donors (Lipinski definition) is 1. The lowest BCUT2D eigenvalue weighted by atomic mass is 9.98. The van der Waals surface area contributed by atoms with Gasteiger partial charge in [0, 0.05) is 26.2 Å². The second kappa shape index (κ2) is 9.51. The molecule has 1 N–H and O–H groups in total. The molecule has 4 heteroatoms. The first-order valence-electron chi connectivity index (χ1n) is 9.46. The predicted octanol–water partition coefficient (Wildman–Crippen LogP) is 3.12. The van der Waals surface area contributed by atoms with E-state index in [4.69, 9.17) is 4.74 Å². The van der Waals surface area contributed by atoms with Crippen LogP contribution in [0.15, 0.2) is 54.6 Å². The number of likely N-dealkylation sites (tertiary alicyclic amines) is 1. The Morgan fingerprint density at radius 1 is 1.08 bits per heavy atom. The van der Waals surface area contributed by atoms with Gasteiger partial charge in [-0.15, -0.1) is 0 Å². The van der Waals surface area contributed by atoms with Crippen molar-refractivity contribution in [2.45, 2.75) is 25.4 Å². The van der Waals surface area contributed by atoms with Crippen molar-refractivity contribution in [3.63, 3.8) is 0 Å². The summed E-state index contributed by atoms with van der Waals surface area (Å²) >= 11 is 0. The summed E-state index contributed by atoms with van der Waals surface area (Å²) in [5.74, 6) is -0.123. The fourth-order valence-electron chi connectivity index (χ4n) is 3.48. The molecule has 2 aromatic rings. The molecule has 1 saturated heterocycles. The minimum Gasteiger partial charge on any atom is -0.462 e. The van der Waals surface area contributed by atoms with Crippen molar-refractivity contribution in [2.75, 3.05) is 33.2 Å². The van der Waals surface area contributed by atoms with Crippen LogP contribution in [0.25, 0.3) is 11.1 Å². The minimum atomic E-state index is -0.123. The number of nitrogens with zero attached hydrogens (tertiary/aromatic N) is 1. The molecular weight excluding hydrogens is 324 g/mol. The number of nitrogens with one attached hydrogen (secondary N) is 1. The van der Waals surface area contributed by atoms with Gasteiger partial charge in [0.2, 0.25) is 0 Å². The standard InChI is InChI=1S/C22H28N2O2/c1-23-13-16-24-14-11-20(12-15-24)26-22(25)17-19-9-5-6-10-21(19)18-7-3-2-4-8-18/h2-10,20,23H,11-17H2,1H3. The number of esters is 1. The van der Waals surface area contributed by atoms with Gasteiger partial charge in [-0.2, -0.15) is 0 Å². The minimum absolute atomic E-state index is 0.0530. The van der Waals surface area contributed by atoms with Crippen LogP contribution in [-0.2, 0) is 16.0 Å². The Labute approximate surface area is 156 Å². The van der Waals surface area contributed by atoms with E-state index in [1.54, 1.807) is 0 Å². The smallest absolute Gasteiger partial charge is 0.310 e. The molecule has 138 valence electrons. The quantitative estimate of drug-likeness (QED) is 0.778. The van der Waals surface area contributed by atoms with E-state index in [1.165, 1.54) is 0 Å². The average molecular weight is 352 g/mol. The first-order chi connectivity index (χ1) is 12.8. The Kier molecular flexibility index (Phi) is 6.81. The number of carbonyl (C=O) groups is 1. The molecule has 2 aromatic carbocycles. The Morgan fingerprint density at radius 2 is 1.77 bits per heavy atom. The molecule has 1 fully saturated rings. The molecule has 4 nitrogen and oxygen atoms in total. The average Bonchev–Trinajstić information content (AvgIpc) is 2.68. The van der Waals surface area contributed by atoms with Crippen LogP contribution in [0.2, 0.25) is 0 Å². The molecule has 0 aliphatic carbocycles. The van der Waals surface area contributed by atoms with Gasteiger partial charge in [0.1, 0.15) is 6.10 Å². The number of ether oxygens (including phenoxy) is 1. The second-order valence-electron chi connectivity index (χ2n) is 6.83. The fourth-order valence-corrected chi connectivity index (χ4v) is 3.48. The van der Waals surface area contributed by atoms with Gasteiger partial charge in [0.25, 0.3) is 0 Å². The highest BCUT2D eigenvalue weighted by Gasteiger charge is 2.22. The van der Waals surface area contributed by atoms with E-state index in [0.29, 0.717) is 6.42 Å². The van der Waals surface area contributed by atoms with Gasteiger partial charge in [0.05, 0.1) is 6.42 Å². The Morgan fingerprint density at radius 3 is 2.50 bits per heavy atom. The SMILES string of the molecule is CNCCN1CCC(OC(=O)Cc2ccccc2-c2ccccc2)CC1. The number of rotatable bonds is 7. The van der Waals surface area contributed by atoms with Crippen LogP contribution in [-0.4, -0.2) is 50.2 Å². The maximum atomic E-state index is 12.5. The highest BCUT2D eigenvalue weighted by molar-refractivity contribution is 5.78. The largest absolute Gasteiger partial charge is 0.462 e. The lowest BCUT2D eigenvalue weighted by Gasteiger charge is -2.31. The van der Waals surface area contributed by atoms with Crippen LogP contribution in [0, 0.1) is 0 Å². The van der Waals surface area contributed by atoms with Crippen LogP contribution in [0.5, 0.6) is 0 Å². The van der Waals surface area contributed by atoms with Crippen molar-refractivity contribution in [3.05, 3.63) is 60.2 Å². The summed E-state index contributed by atoms with van der Waals surface area (Å²) in [5.41, 5.74) is 3.26. The van der Waals surface area contributed by atoms with Gasteiger partial charge in [-0.3, -0.25) is 4.79 Å².